The van der Waals surface area contributed by atoms with Crippen LogP contribution in [0.25, 0.3) is 0 Å². The molecule has 11 heteroatoms. The number of ketones is 2. The summed E-state index contributed by atoms with van der Waals surface area (Å²) in [6.07, 6.45) is 0. The third kappa shape index (κ3) is 3.22. The first-order chi connectivity index (χ1) is 11.0. The van der Waals surface area contributed by atoms with Gasteiger partial charge in [0, 0.05) is 11.1 Å². The summed E-state index contributed by atoms with van der Waals surface area (Å²) in [5.41, 5.74) is -1.83. The van der Waals surface area contributed by atoms with Crippen LogP contribution < -0.4 is 0 Å². The number of carbonyl (C=O) groups excluding carboxylic acids is 2. The van der Waals surface area contributed by atoms with E-state index in [0.717, 1.165) is 12.1 Å². The molecule has 0 unspecified atom stereocenters. The molecule has 1 aliphatic rings. The minimum atomic E-state index is -4.84. The van der Waals surface area contributed by atoms with Crippen molar-refractivity contribution in [3.63, 3.8) is 0 Å². The van der Waals surface area contributed by atoms with Crippen LogP contribution in [0.2, 0.25) is 0 Å². The molecule has 2 aromatic rings. The van der Waals surface area contributed by atoms with Gasteiger partial charge >= 0.3 is 29.6 Å². The van der Waals surface area contributed by atoms with Crippen LogP contribution in [0.3, 0.4) is 0 Å². The van der Waals surface area contributed by atoms with E-state index in [-0.39, 0.29) is 40.7 Å². The fourth-order valence-corrected chi connectivity index (χ4v) is 4.03. The van der Waals surface area contributed by atoms with Crippen molar-refractivity contribution in [3.8, 4) is 0 Å². The molecular formula is C14H9NaO8S2. The maximum atomic E-state index is 12.7. The topological polar surface area (TPSA) is 143 Å². The van der Waals surface area contributed by atoms with E-state index in [2.05, 4.69) is 0 Å². The Labute approximate surface area is 164 Å². The molecule has 0 spiro atoms. The zero-order chi connectivity index (χ0) is 17.9. The fraction of sp³-hybridized carbons (Fsp3) is 0. The summed E-state index contributed by atoms with van der Waals surface area (Å²) in [4.78, 5) is 23.6. The van der Waals surface area contributed by atoms with Crippen LogP contribution in [0.1, 0.15) is 31.8 Å². The van der Waals surface area contributed by atoms with Crippen LogP contribution in [0, 0.1) is 0 Å². The molecule has 8 nitrogen and oxygen atoms in total. The summed E-state index contributed by atoms with van der Waals surface area (Å²) in [6, 6.07) is 6.55. The van der Waals surface area contributed by atoms with Crippen LogP contribution in [0.5, 0.6) is 0 Å². The summed E-state index contributed by atoms with van der Waals surface area (Å²) in [5, 5.41) is 0. The Morgan fingerprint density at radius 3 is 1.32 bits per heavy atom. The first kappa shape index (κ1) is 19.9. The van der Waals surface area contributed by atoms with Crippen molar-refractivity contribution in [3.05, 3.63) is 58.7 Å². The van der Waals surface area contributed by atoms with E-state index >= 15 is 0 Å². The SMILES string of the molecule is O=C1c2cccc(S(=O)(=O)O)c2C(=O)c2c1cccc2S(=O)(=O)O.[NaH]. The Morgan fingerprint density at radius 1 is 0.640 bits per heavy atom. The number of fused-ring (bicyclic) bond motifs is 2. The van der Waals surface area contributed by atoms with Crippen molar-refractivity contribution < 1.29 is 35.5 Å². The molecule has 0 heterocycles. The van der Waals surface area contributed by atoms with Gasteiger partial charge in [0.2, 0.25) is 0 Å². The molecule has 0 saturated heterocycles. The first-order valence-corrected chi connectivity index (χ1v) is 9.22. The van der Waals surface area contributed by atoms with E-state index in [0.29, 0.717) is 0 Å². The number of hydrogen-bond donors (Lipinski definition) is 2. The monoisotopic (exact) mass is 392 g/mol. The second-order valence-electron chi connectivity index (χ2n) is 4.97. The predicted octanol–water partition coefficient (Wildman–Crippen LogP) is 0.307. The standard InChI is InChI=1S/C14H8O8S2.Na.H/c15-13-7-3-1-5-9(23(17,18)19)11(7)14(16)12-8(13)4-2-6-10(12)24(20,21)22;;/h1-6H,(H,17,18,19)(H,20,21,22);;. The van der Waals surface area contributed by atoms with Crippen LogP contribution in [-0.2, 0) is 20.2 Å². The van der Waals surface area contributed by atoms with Gasteiger partial charge in [0.1, 0.15) is 9.79 Å². The molecule has 0 radical (unpaired) electrons. The van der Waals surface area contributed by atoms with E-state index in [1.807, 2.05) is 0 Å². The quantitative estimate of drug-likeness (QED) is 0.468. The van der Waals surface area contributed by atoms with Gasteiger partial charge in [-0.15, -0.1) is 0 Å². The Bertz CT molecular complexity index is 1050. The zero-order valence-electron chi connectivity index (χ0n) is 11.6. The average molecular weight is 392 g/mol. The third-order valence-electron chi connectivity index (χ3n) is 3.55. The summed E-state index contributed by atoms with van der Waals surface area (Å²) in [6.45, 7) is 0. The molecule has 0 amide bonds. The molecule has 1 aliphatic carbocycles. The van der Waals surface area contributed by atoms with Crippen LogP contribution >= 0.6 is 0 Å². The predicted molar refractivity (Wildman–Crippen MR) is 86.5 cm³/mol. The van der Waals surface area contributed by atoms with E-state index in [9.17, 15) is 35.5 Å². The normalized spacial score (nSPS) is 13.7. The van der Waals surface area contributed by atoms with E-state index in [1.54, 1.807) is 0 Å². The van der Waals surface area contributed by atoms with Crippen LogP contribution in [0.4, 0.5) is 0 Å². The molecule has 2 N–H and O–H groups in total. The van der Waals surface area contributed by atoms with Crippen LogP contribution in [-0.4, -0.2) is 67.1 Å². The number of rotatable bonds is 2. The van der Waals surface area contributed by atoms with Crippen LogP contribution in [0.15, 0.2) is 46.2 Å². The minimum absolute atomic E-state index is 0. The molecule has 0 bridgehead atoms. The summed E-state index contributed by atoms with van der Waals surface area (Å²) < 4.78 is 64.4. The van der Waals surface area contributed by atoms with Gasteiger partial charge in [0.25, 0.3) is 20.2 Å². The van der Waals surface area contributed by atoms with Crippen molar-refractivity contribution in [2.75, 3.05) is 0 Å². The average Bonchev–Trinajstić information content (AvgIpc) is 2.49. The molecule has 0 saturated carbocycles. The molecular weight excluding hydrogens is 383 g/mol. The number of benzene rings is 2. The summed E-state index contributed by atoms with van der Waals surface area (Å²) in [5.74, 6) is -1.89. The van der Waals surface area contributed by atoms with Gasteiger partial charge in [-0.3, -0.25) is 18.7 Å². The second-order valence-corrected chi connectivity index (χ2v) is 7.75. The van der Waals surface area contributed by atoms with Crippen molar-refractivity contribution in [2.45, 2.75) is 9.79 Å². The summed E-state index contributed by atoms with van der Waals surface area (Å²) in [7, 11) is -9.67. The van der Waals surface area contributed by atoms with E-state index < -0.39 is 52.7 Å². The molecule has 2 aromatic carbocycles. The molecule has 0 aromatic heterocycles. The van der Waals surface area contributed by atoms with Gasteiger partial charge in [-0.05, 0) is 12.1 Å². The molecule has 0 aliphatic heterocycles. The third-order valence-corrected chi connectivity index (χ3v) is 5.34. The van der Waals surface area contributed by atoms with E-state index in [1.165, 1.54) is 24.3 Å². The van der Waals surface area contributed by atoms with Gasteiger partial charge in [0.05, 0.1) is 11.1 Å². The van der Waals surface area contributed by atoms with Crippen molar-refractivity contribution in [2.24, 2.45) is 0 Å². The maximum absolute atomic E-state index is 12.7. The van der Waals surface area contributed by atoms with Gasteiger partial charge in [-0.2, -0.15) is 16.8 Å². The molecule has 0 fully saturated rings. The number of carbonyl (C=O) groups is 2. The van der Waals surface area contributed by atoms with E-state index in [4.69, 9.17) is 0 Å². The Hall–Kier alpha value is -1.40. The van der Waals surface area contributed by atoms with Crippen molar-refractivity contribution in [1.29, 1.82) is 0 Å². The Kier molecular flexibility index (Phi) is 5.10. The van der Waals surface area contributed by atoms with Gasteiger partial charge in [-0.1, -0.05) is 24.3 Å². The molecule has 0 atom stereocenters. The summed E-state index contributed by atoms with van der Waals surface area (Å²) >= 11 is 0. The fourth-order valence-electron chi connectivity index (χ4n) is 2.61. The van der Waals surface area contributed by atoms with Crippen molar-refractivity contribution in [1.82, 2.24) is 0 Å². The second kappa shape index (κ2) is 6.40. The zero-order valence-corrected chi connectivity index (χ0v) is 13.3. The molecule has 3 rings (SSSR count). The molecule has 126 valence electrons. The molecule has 25 heavy (non-hydrogen) atoms. The Balaban J connectivity index is 0.00000225. The van der Waals surface area contributed by atoms with Crippen molar-refractivity contribution >= 4 is 61.4 Å². The number of hydrogen-bond acceptors (Lipinski definition) is 6. The first-order valence-electron chi connectivity index (χ1n) is 6.34. The van der Waals surface area contributed by atoms with Gasteiger partial charge < -0.3 is 0 Å². The van der Waals surface area contributed by atoms with Gasteiger partial charge in [-0.25, -0.2) is 0 Å². The Morgan fingerprint density at radius 2 is 1.00 bits per heavy atom. The van der Waals surface area contributed by atoms with Gasteiger partial charge in [0.15, 0.2) is 11.6 Å².